The Labute approximate surface area is 284 Å². The largest absolute Gasteiger partial charge is 0.396 e. The first-order valence-electron chi connectivity index (χ1n) is 18.9. The Morgan fingerprint density at radius 1 is 0.681 bits per heavy atom. The summed E-state index contributed by atoms with van der Waals surface area (Å²) in [6, 6.07) is -0.999. The van der Waals surface area contributed by atoms with Crippen LogP contribution in [0.4, 0.5) is 0 Å². The summed E-state index contributed by atoms with van der Waals surface area (Å²) in [5.74, 6) is -0.284. The van der Waals surface area contributed by atoms with Gasteiger partial charge in [0.1, 0.15) is 30.5 Å². The van der Waals surface area contributed by atoms with Crippen LogP contribution in [0, 0.1) is 0 Å². The molecule has 0 aromatic carbocycles. The highest BCUT2D eigenvalue weighted by Crippen LogP contribution is 2.23. The molecule has 8 N–H and O–H groups in total. The number of rotatable bonds is 31. The highest BCUT2D eigenvalue weighted by atomic mass is 16.7. The molecule has 1 aliphatic heterocycles. The average Bonchev–Trinajstić information content (AvgIpc) is 3.07. The van der Waals surface area contributed by atoms with Gasteiger partial charge < -0.3 is 50.5 Å². The summed E-state index contributed by atoms with van der Waals surface area (Å²) in [6.07, 6.45) is 14.2. The molecule has 1 amide bonds. The van der Waals surface area contributed by atoms with Crippen molar-refractivity contribution in [1.29, 1.82) is 0 Å². The molecule has 0 aliphatic carbocycles. The van der Waals surface area contributed by atoms with Crippen LogP contribution in [-0.4, -0.2) is 110 Å². The minimum atomic E-state index is -1.61. The highest BCUT2D eigenvalue weighted by molar-refractivity contribution is 5.76. The van der Waals surface area contributed by atoms with Crippen LogP contribution in [0.3, 0.4) is 0 Å². The van der Waals surface area contributed by atoms with E-state index in [1.165, 1.54) is 51.4 Å². The molecule has 1 rings (SSSR count). The van der Waals surface area contributed by atoms with Crippen LogP contribution in [0.15, 0.2) is 0 Å². The number of unbranched alkanes of at least 4 members (excludes halogenated alkanes) is 19. The van der Waals surface area contributed by atoms with E-state index in [0.717, 1.165) is 77.0 Å². The SMILES string of the molecule is CCCCCCCCCCCCCC[C@@H](O)[C@@H](O)C(CO[C@H]1OC(CO)[C@H](O)[C@H](O)[C@H]1O)NC(=O)CCCCCCCCCCCO. The van der Waals surface area contributed by atoms with E-state index >= 15 is 0 Å². The van der Waals surface area contributed by atoms with E-state index in [1.807, 2.05) is 0 Å². The second-order valence-corrected chi connectivity index (χ2v) is 13.6. The second kappa shape index (κ2) is 28.9. The maximum Gasteiger partial charge on any atom is 0.220 e. The van der Waals surface area contributed by atoms with Crippen LogP contribution in [0.2, 0.25) is 0 Å². The van der Waals surface area contributed by atoms with Gasteiger partial charge in [0.15, 0.2) is 6.29 Å². The van der Waals surface area contributed by atoms with Crippen molar-refractivity contribution in [3.63, 3.8) is 0 Å². The van der Waals surface area contributed by atoms with Crippen molar-refractivity contribution >= 4 is 5.91 Å². The third-order valence-electron chi connectivity index (χ3n) is 9.36. The Morgan fingerprint density at radius 3 is 1.68 bits per heavy atom. The van der Waals surface area contributed by atoms with E-state index in [4.69, 9.17) is 14.6 Å². The van der Waals surface area contributed by atoms with Crippen molar-refractivity contribution in [2.24, 2.45) is 0 Å². The van der Waals surface area contributed by atoms with Crippen LogP contribution in [0.1, 0.15) is 155 Å². The van der Waals surface area contributed by atoms with Crippen LogP contribution >= 0.6 is 0 Å². The molecule has 280 valence electrons. The molecule has 11 nitrogen and oxygen atoms in total. The topological polar surface area (TPSA) is 189 Å². The van der Waals surface area contributed by atoms with Crippen molar-refractivity contribution in [1.82, 2.24) is 5.32 Å². The van der Waals surface area contributed by atoms with E-state index in [0.29, 0.717) is 12.8 Å². The first-order valence-corrected chi connectivity index (χ1v) is 18.9. The summed E-state index contributed by atoms with van der Waals surface area (Å²) < 4.78 is 11.1. The fourth-order valence-electron chi connectivity index (χ4n) is 6.18. The Morgan fingerprint density at radius 2 is 1.17 bits per heavy atom. The number of hydrogen-bond acceptors (Lipinski definition) is 10. The van der Waals surface area contributed by atoms with E-state index in [2.05, 4.69) is 12.2 Å². The maximum absolute atomic E-state index is 12.8. The third-order valence-corrected chi connectivity index (χ3v) is 9.36. The van der Waals surface area contributed by atoms with Crippen LogP contribution < -0.4 is 5.32 Å². The quantitative estimate of drug-likeness (QED) is 0.0498. The van der Waals surface area contributed by atoms with Gasteiger partial charge in [-0.3, -0.25) is 4.79 Å². The van der Waals surface area contributed by atoms with E-state index in [1.54, 1.807) is 0 Å². The van der Waals surface area contributed by atoms with Gasteiger partial charge in [0, 0.05) is 13.0 Å². The summed E-state index contributed by atoms with van der Waals surface area (Å²) in [5, 5.41) is 73.5. The molecule has 0 spiro atoms. The molecule has 0 aromatic heterocycles. The number of aliphatic hydroxyl groups excluding tert-OH is 7. The summed E-state index contributed by atoms with van der Waals surface area (Å²) in [5.41, 5.74) is 0. The van der Waals surface area contributed by atoms with Gasteiger partial charge in [0.05, 0.1) is 25.4 Å². The first kappa shape index (κ1) is 44.1. The minimum Gasteiger partial charge on any atom is -0.396 e. The number of carbonyl (C=O) groups excluding carboxylic acids is 1. The molecule has 1 aliphatic rings. The first-order chi connectivity index (χ1) is 22.8. The van der Waals surface area contributed by atoms with Crippen molar-refractivity contribution in [2.45, 2.75) is 204 Å². The van der Waals surface area contributed by atoms with Gasteiger partial charge in [0.2, 0.25) is 5.91 Å². The standard InChI is InChI=1S/C36H71NO10/c1-2-3-4-5-6-7-8-9-11-14-17-20-23-29(40)32(42)28(27-46-36-35(45)34(44)33(43)30(26-39)47-36)37-31(41)24-21-18-15-12-10-13-16-19-22-25-38/h28-30,32-36,38-40,42-45H,2-27H2,1H3,(H,37,41)/t28?,29-,30?,32+,33+,34+,35-,36+/m1/s1. The Hall–Kier alpha value is -0.890. The zero-order valence-corrected chi connectivity index (χ0v) is 29.4. The van der Waals surface area contributed by atoms with Gasteiger partial charge in [-0.15, -0.1) is 0 Å². The molecule has 2 unspecified atom stereocenters. The molecule has 47 heavy (non-hydrogen) atoms. The van der Waals surface area contributed by atoms with Crippen molar-refractivity contribution in [3.8, 4) is 0 Å². The van der Waals surface area contributed by atoms with Gasteiger partial charge in [-0.25, -0.2) is 0 Å². The Bertz CT molecular complexity index is 730. The van der Waals surface area contributed by atoms with Gasteiger partial charge in [-0.1, -0.05) is 129 Å². The van der Waals surface area contributed by atoms with Gasteiger partial charge in [0.25, 0.3) is 0 Å². The van der Waals surface area contributed by atoms with Crippen molar-refractivity contribution < 1.29 is 50.0 Å². The van der Waals surface area contributed by atoms with E-state index < -0.39 is 55.6 Å². The van der Waals surface area contributed by atoms with Gasteiger partial charge >= 0.3 is 0 Å². The van der Waals surface area contributed by atoms with Gasteiger partial charge in [-0.2, -0.15) is 0 Å². The number of hydrogen-bond donors (Lipinski definition) is 8. The number of carbonyl (C=O) groups is 1. The molecule has 0 aromatic rings. The van der Waals surface area contributed by atoms with Gasteiger partial charge in [-0.05, 0) is 19.3 Å². The monoisotopic (exact) mass is 678 g/mol. The molecule has 8 atom stereocenters. The fraction of sp³-hybridized carbons (Fsp3) is 0.972. The molecular weight excluding hydrogens is 606 g/mol. The molecule has 1 fully saturated rings. The number of amides is 1. The van der Waals surface area contributed by atoms with Crippen molar-refractivity contribution in [2.75, 3.05) is 19.8 Å². The summed E-state index contributed by atoms with van der Waals surface area (Å²) >= 11 is 0. The Balaban J connectivity index is 2.50. The van der Waals surface area contributed by atoms with E-state index in [-0.39, 0.29) is 25.5 Å². The zero-order chi connectivity index (χ0) is 34.7. The van der Waals surface area contributed by atoms with Crippen LogP contribution in [-0.2, 0) is 14.3 Å². The molecule has 1 heterocycles. The smallest absolute Gasteiger partial charge is 0.220 e. The van der Waals surface area contributed by atoms with E-state index in [9.17, 15) is 35.4 Å². The van der Waals surface area contributed by atoms with Crippen LogP contribution in [0.5, 0.6) is 0 Å². The third kappa shape index (κ3) is 20.4. The number of ether oxygens (including phenoxy) is 2. The lowest BCUT2D eigenvalue weighted by atomic mass is 9.98. The average molecular weight is 678 g/mol. The maximum atomic E-state index is 12.8. The van der Waals surface area contributed by atoms with Crippen LogP contribution in [0.25, 0.3) is 0 Å². The summed E-state index contributed by atoms with van der Waals surface area (Å²) in [7, 11) is 0. The summed E-state index contributed by atoms with van der Waals surface area (Å²) in [6.45, 7) is 1.56. The highest BCUT2D eigenvalue weighted by Gasteiger charge is 2.44. The second-order valence-electron chi connectivity index (χ2n) is 13.6. The number of aliphatic hydroxyl groups is 7. The molecular formula is C36H71NO10. The number of nitrogens with one attached hydrogen (secondary N) is 1. The Kier molecular flexibility index (Phi) is 27.1. The predicted molar refractivity (Wildman–Crippen MR) is 183 cm³/mol. The lowest BCUT2D eigenvalue weighted by Crippen LogP contribution is -2.60. The fourth-order valence-corrected chi connectivity index (χ4v) is 6.18. The lowest BCUT2D eigenvalue weighted by Gasteiger charge is -2.40. The minimum absolute atomic E-state index is 0.248. The lowest BCUT2D eigenvalue weighted by molar-refractivity contribution is -0.303. The molecule has 0 radical (unpaired) electrons. The molecule has 11 heteroatoms. The molecule has 0 saturated carbocycles. The normalized spacial score (nSPS) is 23.4. The molecule has 0 bridgehead atoms. The summed E-state index contributed by atoms with van der Waals surface area (Å²) in [4.78, 5) is 12.8. The zero-order valence-electron chi connectivity index (χ0n) is 29.4. The predicted octanol–water partition coefficient (Wildman–Crippen LogP) is 3.99. The van der Waals surface area contributed by atoms with Crippen molar-refractivity contribution in [3.05, 3.63) is 0 Å². The molecule has 1 saturated heterocycles.